The average Bonchev–Trinajstić information content (AvgIpc) is 3.37. The summed E-state index contributed by atoms with van der Waals surface area (Å²) in [4.78, 5) is 14.1. The Kier molecular flexibility index (Phi) is 7.33. The number of nitrogens with zero attached hydrogens (tertiary/aromatic N) is 4. The smallest absolute Gasteiger partial charge is 0.235 e. The third-order valence-electron chi connectivity index (χ3n) is 6.36. The fourth-order valence-electron chi connectivity index (χ4n) is 4.38. The number of fused-ring (bicyclic) bond motifs is 1. The Bertz CT molecular complexity index is 1300. The highest BCUT2D eigenvalue weighted by Crippen LogP contribution is 2.44. The molecule has 0 bridgehead atoms. The average molecular weight is 508 g/mol. The van der Waals surface area contributed by atoms with Crippen LogP contribution in [0.1, 0.15) is 43.2 Å². The molecule has 7 nitrogen and oxygen atoms in total. The first-order valence-electron chi connectivity index (χ1n) is 11.5. The van der Waals surface area contributed by atoms with E-state index in [4.69, 9.17) is 0 Å². The van der Waals surface area contributed by atoms with Crippen LogP contribution in [0.15, 0.2) is 42.1 Å². The lowest BCUT2D eigenvalue weighted by Gasteiger charge is -2.33. The highest BCUT2D eigenvalue weighted by atomic mass is 32.2. The van der Waals surface area contributed by atoms with E-state index in [2.05, 4.69) is 48.9 Å². The van der Waals surface area contributed by atoms with Gasteiger partial charge in [0.25, 0.3) is 0 Å². The first-order valence-corrected chi connectivity index (χ1v) is 13.3. The molecule has 1 amide bonds. The molecular weight excluding hydrogens is 478 g/mol. The van der Waals surface area contributed by atoms with Gasteiger partial charge in [-0.3, -0.25) is 9.36 Å². The van der Waals surface area contributed by atoms with Crippen LogP contribution in [-0.2, 0) is 24.2 Å². The number of allylic oxidation sites excluding steroid dienone is 1. The van der Waals surface area contributed by atoms with Gasteiger partial charge in [0.15, 0.2) is 11.0 Å². The Balaban J connectivity index is 1.48. The maximum Gasteiger partial charge on any atom is 0.235 e. The number of thiophene rings is 1. The van der Waals surface area contributed by atoms with Crippen LogP contribution < -0.4 is 5.32 Å². The number of carbonyl (C=O) groups excluding carboxylic acids is 1. The second-order valence-electron chi connectivity index (χ2n) is 9.68. The van der Waals surface area contributed by atoms with E-state index in [9.17, 15) is 15.2 Å². The minimum atomic E-state index is -0.199. The van der Waals surface area contributed by atoms with Crippen molar-refractivity contribution in [1.82, 2.24) is 14.8 Å². The molecule has 9 heteroatoms. The van der Waals surface area contributed by atoms with E-state index in [1.165, 1.54) is 28.0 Å². The molecule has 35 heavy (non-hydrogen) atoms. The molecule has 2 aromatic heterocycles. The molecule has 0 saturated heterocycles. The molecule has 1 aliphatic carbocycles. The van der Waals surface area contributed by atoms with Gasteiger partial charge in [0, 0.05) is 11.4 Å². The van der Waals surface area contributed by atoms with E-state index in [-0.39, 0.29) is 22.8 Å². The van der Waals surface area contributed by atoms with Crippen molar-refractivity contribution in [2.24, 2.45) is 11.3 Å². The van der Waals surface area contributed by atoms with Crippen molar-refractivity contribution in [2.75, 3.05) is 11.1 Å². The largest absolute Gasteiger partial charge is 0.507 e. The van der Waals surface area contributed by atoms with Gasteiger partial charge in [0.2, 0.25) is 5.91 Å². The van der Waals surface area contributed by atoms with E-state index >= 15 is 0 Å². The molecule has 1 aromatic carbocycles. The number of phenols is 1. The van der Waals surface area contributed by atoms with Gasteiger partial charge < -0.3 is 10.4 Å². The zero-order chi connectivity index (χ0) is 25.2. The highest BCUT2D eigenvalue weighted by Gasteiger charge is 2.32. The molecule has 182 valence electrons. The SMILES string of the molecule is C=CCn1c(SCC(=O)Nc2sc3c(c2C#N)CCC(C(C)(C)C)C3)nnc1-c1ccccc1O. The van der Waals surface area contributed by atoms with Crippen LogP contribution in [0.4, 0.5) is 5.00 Å². The Morgan fingerprint density at radius 1 is 1.40 bits per heavy atom. The van der Waals surface area contributed by atoms with Gasteiger partial charge in [-0.25, -0.2) is 0 Å². The summed E-state index contributed by atoms with van der Waals surface area (Å²) >= 11 is 2.79. The molecule has 2 N–H and O–H groups in total. The van der Waals surface area contributed by atoms with Gasteiger partial charge in [-0.2, -0.15) is 5.26 Å². The molecule has 1 unspecified atom stereocenters. The minimum absolute atomic E-state index is 0.110. The van der Waals surface area contributed by atoms with Crippen LogP contribution in [0.25, 0.3) is 11.4 Å². The van der Waals surface area contributed by atoms with Gasteiger partial charge in [-0.05, 0) is 48.3 Å². The van der Waals surface area contributed by atoms with E-state index in [0.29, 0.717) is 39.6 Å². The Morgan fingerprint density at radius 3 is 2.86 bits per heavy atom. The van der Waals surface area contributed by atoms with Crippen LogP contribution in [0.5, 0.6) is 5.75 Å². The number of amides is 1. The number of nitriles is 1. The molecule has 2 heterocycles. The van der Waals surface area contributed by atoms with Crippen LogP contribution in [0, 0.1) is 22.7 Å². The van der Waals surface area contributed by atoms with Gasteiger partial charge >= 0.3 is 0 Å². The van der Waals surface area contributed by atoms with Crippen molar-refractivity contribution in [3.63, 3.8) is 0 Å². The third-order valence-corrected chi connectivity index (χ3v) is 8.50. The maximum absolute atomic E-state index is 12.8. The topological polar surface area (TPSA) is 104 Å². The molecule has 4 rings (SSSR count). The first kappa shape index (κ1) is 25.0. The molecule has 0 fully saturated rings. The molecular formula is C26H29N5O2S2. The molecule has 0 spiro atoms. The predicted octanol–water partition coefficient (Wildman–Crippen LogP) is 5.65. The fraction of sp³-hybridized carbons (Fsp3) is 0.385. The number of aromatic nitrogens is 3. The van der Waals surface area contributed by atoms with Crippen molar-refractivity contribution >= 4 is 34.0 Å². The Hall–Kier alpha value is -3.09. The monoisotopic (exact) mass is 507 g/mol. The minimum Gasteiger partial charge on any atom is -0.507 e. The number of phenolic OH excluding ortho intramolecular Hbond substituents is 1. The Labute approximate surface area is 213 Å². The summed E-state index contributed by atoms with van der Waals surface area (Å²) in [5.74, 6) is 1.10. The number of para-hydroxylation sites is 1. The molecule has 1 aliphatic rings. The normalized spacial score (nSPS) is 15.3. The number of hydrogen-bond donors (Lipinski definition) is 2. The summed E-state index contributed by atoms with van der Waals surface area (Å²) in [5.41, 5.74) is 2.48. The van der Waals surface area contributed by atoms with Crippen LogP contribution >= 0.6 is 23.1 Å². The number of benzene rings is 1. The van der Waals surface area contributed by atoms with Crippen LogP contribution in [-0.4, -0.2) is 31.5 Å². The fourth-order valence-corrected chi connectivity index (χ4v) is 6.42. The zero-order valence-corrected chi connectivity index (χ0v) is 21.8. The second kappa shape index (κ2) is 10.3. The summed E-state index contributed by atoms with van der Waals surface area (Å²) in [6.07, 6.45) is 4.60. The number of aromatic hydroxyl groups is 1. The van der Waals surface area contributed by atoms with Gasteiger partial charge in [-0.1, -0.05) is 50.7 Å². The van der Waals surface area contributed by atoms with E-state index < -0.39 is 0 Å². The van der Waals surface area contributed by atoms with Crippen molar-refractivity contribution in [1.29, 1.82) is 5.26 Å². The van der Waals surface area contributed by atoms with Crippen molar-refractivity contribution in [3.8, 4) is 23.2 Å². The highest BCUT2D eigenvalue weighted by molar-refractivity contribution is 7.99. The lowest BCUT2D eigenvalue weighted by Crippen LogP contribution is -2.26. The summed E-state index contributed by atoms with van der Waals surface area (Å²) in [5, 5.41) is 32.6. The Morgan fingerprint density at radius 2 is 2.17 bits per heavy atom. The summed E-state index contributed by atoms with van der Waals surface area (Å²) in [6, 6.07) is 9.25. The zero-order valence-electron chi connectivity index (χ0n) is 20.2. The van der Waals surface area contributed by atoms with Gasteiger partial charge in [-0.15, -0.1) is 28.1 Å². The lowest BCUT2D eigenvalue weighted by atomic mass is 9.72. The predicted molar refractivity (Wildman–Crippen MR) is 141 cm³/mol. The molecule has 0 saturated carbocycles. The van der Waals surface area contributed by atoms with E-state index in [1.54, 1.807) is 24.3 Å². The van der Waals surface area contributed by atoms with Gasteiger partial charge in [0.05, 0.1) is 16.9 Å². The van der Waals surface area contributed by atoms with Crippen LogP contribution in [0.2, 0.25) is 0 Å². The van der Waals surface area contributed by atoms with Crippen molar-refractivity contribution in [2.45, 2.75) is 51.7 Å². The lowest BCUT2D eigenvalue weighted by molar-refractivity contribution is -0.113. The van der Waals surface area contributed by atoms with E-state index in [0.717, 1.165) is 24.8 Å². The number of anilines is 1. The number of carbonyl (C=O) groups is 1. The standard InChI is InChI=1S/C26H29N5O2S2/c1-5-12-31-23(18-8-6-7-9-20(18)32)29-30-25(31)34-15-22(33)28-24-19(14-27)17-11-10-16(26(2,3)4)13-21(17)35-24/h5-9,16,32H,1,10-13,15H2,2-4H3,(H,28,33). The summed E-state index contributed by atoms with van der Waals surface area (Å²) in [6.45, 7) is 11.0. The first-order chi connectivity index (χ1) is 16.7. The molecule has 0 aliphatic heterocycles. The quantitative estimate of drug-likeness (QED) is 0.316. The van der Waals surface area contributed by atoms with Crippen molar-refractivity contribution < 1.29 is 9.90 Å². The van der Waals surface area contributed by atoms with E-state index in [1.807, 2.05) is 10.6 Å². The maximum atomic E-state index is 12.8. The number of nitrogens with one attached hydrogen (secondary N) is 1. The molecule has 0 radical (unpaired) electrons. The summed E-state index contributed by atoms with van der Waals surface area (Å²) < 4.78 is 1.82. The third kappa shape index (κ3) is 5.29. The van der Waals surface area contributed by atoms with Gasteiger partial charge in [0.1, 0.15) is 16.8 Å². The van der Waals surface area contributed by atoms with Crippen molar-refractivity contribution in [3.05, 3.63) is 52.9 Å². The molecule has 1 atom stereocenters. The second-order valence-corrected chi connectivity index (χ2v) is 11.7. The van der Waals surface area contributed by atoms with Crippen LogP contribution in [0.3, 0.4) is 0 Å². The number of rotatable bonds is 7. The number of thioether (sulfide) groups is 1. The molecule has 3 aromatic rings. The summed E-state index contributed by atoms with van der Waals surface area (Å²) in [7, 11) is 0. The number of hydrogen-bond acceptors (Lipinski definition) is 7.